The van der Waals surface area contributed by atoms with Crippen LogP contribution in [0, 0.1) is 11.8 Å². The van der Waals surface area contributed by atoms with Crippen molar-refractivity contribution in [2.75, 3.05) is 13.1 Å². The summed E-state index contributed by atoms with van der Waals surface area (Å²) in [6.07, 6.45) is 3.04. The minimum absolute atomic E-state index is 0.0656. The molecule has 0 amide bonds. The van der Waals surface area contributed by atoms with Crippen molar-refractivity contribution in [3.8, 4) is 0 Å². The zero-order valence-electron chi connectivity index (χ0n) is 15.1. The van der Waals surface area contributed by atoms with Crippen molar-refractivity contribution in [3.63, 3.8) is 0 Å². The van der Waals surface area contributed by atoms with Crippen molar-refractivity contribution in [1.29, 1.82) is 0 Å². The standard InChI is InChI=1S/C19H30N2O4/c1-3-12(8-10-20)16(13(4-2)9-11-21)17-14(18(22)23)6-5-7-15(17)19(24)25/h5-7,12-13,16H,3-4,8-11,20-21H2,1-2H3,(H,22,23)(H,24,25). The first kappa shape index (κ1) is 21.1. The molecule has 6 N–H and O–H groups in total. The molecule has 0 aromatic heterocycles. The van der Waals surface area contributed by atoms with Gasteiger partial charge in [0.25, 0.3) is 0 Å². The third-order valence-electron chi connectivity index (χ3n) is 5.04. The van der Waals surface area contributed by atoms with Crippen LogP contribution >= 0.6 is 0 Å². The Balaban J connectivity index is 3.67. The summed E-state index contributed by atoms with van der Waals surface area (Å²) >= 11 is 0. The molecule has 140 valence electrons. The second-order valence-corrected chi connectivity index (χ2v) is 6.39. The fourth-order valence-electron chi connectivity index (χ4n) is 3.86. The molecule has 0 aliphatic heterocycles. The first-order valence-electron chi connectivity index (χ1n) is 8.92. The monoisotopic (exact) mass is 350 g/mol. The molecule has 1 aromatic rings. The molecule has 25 heavy (non-hydrogen) atoms. The fourth-order valence-corrected chi connectivity index (χ4v) is 3.86. The number of carboxylic acid groups (broad SMARTS) is 2. The molecule has 0 radical (unpaired) electrons. The summed E-state index contributed by atoms with van der Waals surface area (Å²) in [5.74, 6) is -2.18. The molecule has 0 aliphatic rings. The maximum atomic E-state index is 11.8. The second-order valence-electron chi connectivity index (χ2n) is 6.39. The Morgan fingerprint density at radius 1 is 0.920 bits per heavy atom. The van der Waals surface area contributed by atoms with Crippen molar-refractivity contribution in [1.82, 2.24) is 0 Å². The van der Waals surface area contributed by atoms with Crippen LogP contribution in [0.1, 0.15) is 71.7 Å². The molecule has 2 atom stereocenters. The first-order chi connectivity index (χ1) is 11.9. The lowest BCUT2D eigenvalue weighted by Crippen LogP contribution is -2.28. The van der Waals surface area contributed by atoms with Gasteiger partial charge in [-0.2, -0.15) is 0 Å². The van der Waals surface area contributed by atoms with Gasteiger partial charge in [-0.15, -0.1) is 0 Å². The summed E-state index contributed by atoms with van der Waals surface area (Å²) in [6, 6.07) is 4.46. The lowest BCUT2D eigenvalue weighted by Gasteiger charge is -2.35. The first-order valence-corrected chi connectivity index (χ1v) is 8.92. The molecule has 0 heterocycles. The maximum absolute atomic E-state index is 11.8. The van der Waals surface area contributed by atoms with Gasteiger partial charge in [-0.25, -0.2) is 9.59 Å². The highest BCUT2D eigenvalue weighted by atomic mass is 16.4. The van der Waals surface area contributed by atoms with Crippen LogP contribution in [0.3, 0.4) is 0 Å². The lowest BCUT2D eigenvalue weighted by molar-refractivity contribution is 0.0691. The van der Waals surface area contributed by atoms with Gasteiger partial charge in [-0.1, -0.05) is 32.8 Å². The Morgan fingerprint density at radius 3 is 1.60 bits per heavy atom. The van der Waals surface area contributed by atoms with E-state index in [1.807, 2.05) is 13.8 Å². The average molecular weight is 350 g/mol. The van der Waals surface area contributed by atoms with E-state index < -0.39 is 11.9 Å². The van der Waals surface area contributed by atoms with Crippen LogP contribution in [-0.4, -0.2) is 35.2 Å². The Labute approximate surface area is 149 Å². The van der Waals surface area contributed by atoms with Gasteiger partial charge in [-0.05, 0) is 61.4 Å². The van der Waals surface area contributed by atoms with Gasteiger partial charge in [0.15, 0.2) is 0 Å². The molecule has 0 bridgehead atoms. The van der Waals surface area contributed by atoms with Crippen LogP contribution < -0.4 is 11.5 Å². The van der Waals surface area contributed by atoms with Gasteiger partial charge in [0.1, 0.15) is 0 Å². The SMILES string of the molecule is CCC(CCN)C(c1c(C(=O)O)cccc1C(=O)O)C(CC)CCN. The average Bonchev–Trinajstić information content (AvgIpc) is 2.59. The Morgan fingerprint density at radius 2 is 1.32 bits per heavy atom. The zero-order valence-corrected chi connectivity index (χ0v) is 15.1. The van der Waals surface area contributed by atoms with Gasteiger partial charge in [0.05, 0.1) is 11.1 Å². The highest BCUT2D eigenvalue weighted by Gasteiger charge is 2.34. The summed E-state index contributed by atoms with van der Waals surface area (Å²) in [5.41, 5.74) is 12.1. The molecule has 6 nitrogen and oxygen atoms in total. The van der Waals surface area contributed by atoms with E-state index in [2.05, 4.69) is 0 Å². The van der Waals surface area contributed by atoms with E-state index in [4.69, 9.17) is 11.5 Å². The van der Waals surface area contributed by atoms with E-state index in [0.29, 0.717) is 18.7 Å². The predicted octanol–water partition coefficient (Wildman–Crippen LogP) is 2.92. The van der Waals surface area contributed by atoms with Crippen molar-refractivity contribution in [2.45, 2.75) is 45.4 Å². The largest absolute Gasteiger partial charge is 0.478 e. The van der Waals surface area contributed by atoms with Gasteiger partial charge >= 0.3 is 11.9 Å². The minimum Gasteiger partial charge on any atom is -0.478 e. The van der Waals surface area contributed by atoms with Crippen molar-refractivity contribution in [2.24, 2.45) is 23.3 Å². The van der Waals surface area contributed by atoms with Gasteiger partial charge in [0, 0.05) is 0 Å². The number of carbonyl (C=O) groups is 2. The van der Waals surface area contributed by atoms with Crippen LogP contribution in [0.25, 0.3) is 0 Å². The number of nitrogens with two attached hydrogens (primary N) is 2. The Bertz CT molecular complexity index is 543. The summed E-state index contributed by atoms with van der Waals surface area (Å²) in [7, 11) is 0. The minimum atomic E-state index is -1.10. The zero-order chi connectivity index (χ0) is 19.0. The molecule has 6 heteroatoms. The van der Waals surface area contributed by atoms with Crippen LogP contribution in [0.2, 0.25) is 0 Å². The molecule has 1 aromatic carbocycles. The molecule has 1 rings (SSSR count). The number of hydrogen-bond acceptors (Lipinski definition) is 4. The lowest BCUT2D eigenvalue weighted by atomic mass is 9.69. The molecule has 0 saturated carbocycles. The number of hydrogen-bond donors (Lipinski definition) is 4. The Kier molecular flexibility index (Phi) is 8.58. The van der Waals surface area contributed by atoms with Gasteiger partial charge < -0.3 is 21.7 Å². The molecular formula is C19H30N2O4. The van der Waals surface area contributed by atoms with Crippen molar-refractivity contribution in [3.05, 3.63) is 34.9 Å². The molecule has 0 spiro atoms. The third kappa shape index (κ3) is 5.03. The van der Waals surface area contributed by atoms with Crippen molar-refractivity contribution >= 4 is 11.9 Å². The van der Waals surface area contributed by atoms with E-state index in [1.165, 1.54) is 18.2 Å². The highest BCUT2D eigenvalue weighted by Crippen LogP contribution is 2.42. The third-order valence-corrected chi connectivity index (χ3v) is 5.04. The molecule has 0 aliphatic carbocycles. The summed E-state index contributed by atoms with van der Waals surface area (Å²) in [6.45, 7) is 5.02. The Hall–Kier alpha value is -1.92. The number of benzene rings is 1. The van der Waals surface area contributed by atoms with Crippen LogP contribution in [0.4, 0.5) is 0 Å². The molecular weight excluding hydrogens is 320 g/mol. The van der Waals surface area contributed by atoms with Crippen LogP contribution in [0.15, 0.2) is 18.2 Å². The molecule has 0 fully saturated rings. The quantitative estimate of drug-likeness (QED) is 0.486. The van der Waals surface area contributed by atoms with E-state index in [-0.39, 0.29) is 28.9 Å². The van der Waals surface area contributed by atoms with E-state index in [1.54, 1.807) is 0 Å². The number of aromatic carboxylic acids is 2. The van der Waals surface area contributed by atoms with E-state index >= 15 is 0 Å². The van der Waals surface area contributed by atoms with Crippen LogP contribution in [0.5, 0.6) is 0 Å². The van der Waals surface area contributed by atoms with Crippen LogP contribution in [-0.2, 0) is 0 Å². The van der Waals surface area contributed by atoms with Gasteiger partial charge in [0.2, 0.25) is 0 Å². The topological polar surface area (TPSA) is 127 Å². The van der Waals surface area contributed by atoms with Crippen molar-refractivity contribution < 1.29 is 19.8 Å². The van der Waals surface area contributed by atoms with E-state index in [0.717, 1.165) is 25.7 Å². The maximum Gasteiger partial charge on any atom is 0.335 e. The summed E-state index contributed by atoms with van der Waals surface area (Å²) in [4.78, 5) is 23.6. The number of carboxylic acids is 2. The summed E-state index contributed by atoms with van der Waals surface area (Å²) in [5, 5.41) is 19.3. The second kappa shape index (κ2) is 10.2. The summed E-state index contributed by atoms with van der Waals surface area (Å²) < 4.78 is 0. The predicted molar refractivity (Wildman–Crippen MR) is 98.0 cm³/mol. The normalized spacial score (nSPS) is 14.7. The van der Waals surface area contributed by atoms with E-state index in [9.17, 15) is 19.8 Å². The smallest absolute Gasteiger partial charge is 0.335 e. The molecule has 0 saturated heterocycles. The van der Waals surface area contributed by atoms with Gasteiger partial charge in [-0.3, -0.25) is 0 Å². The fraction of sp³-hybridized carbons (Fsp3) is 0.579. The number of rotatable bonds is 11. The molecule has 2 unspecified atom stereocenters. The highest BCUT2D eigenvalue weighted by molar-refractivity contribution is 5.97.